The summed E-state index contributed by atoms with van der Waals surface area (Å²) < 4.78 is 0. The number of halogens is 2. The summed E-state index contributed by atoms with van der Waals surface area (Å²) in [4.78, 5) is 50.4. The van der Waals surface area contributed by atoms with Crippen molar-refractivity contribution in [1.29, 1.82) is 0 Å². The first-order chi connectivity index (χ1) is 12.4. The van der Waals surface area contributed by atoms with Crippen LogP contribution in [-0.4, -0.2) is 46.1 Å². The van der Waals surface area contributed by atoms with Gasteiger partial charge in [0, 0.05) is 22.6 Å². The number of urea groups is 1. The van der Waals surface area contributed by atoms with Gasteiger partial charge in [-0.05, 0) is 30.5 Å². The second-order valence-electron chi connectivity index (χ2n) is 6.30. The van der Waals surface area contributed by atoms with Crippen molar-refractivity contribution in [3.05, 3.63) is 33.8 Å². The fraction of sp³-hybridized carbons (Fsp3) is 0.412. The van der Waals surface area contributed by atoms with E-state index in [1.807, 2.05) is 0 Å². The highest BCUT2D eigenvalue weighted by atomic mass is 35.5. The van der Waals surface area contributed by atoms with Gasteiger partial charge in [0.15, 0.2) is 0 Å². The average molecular weight is 398 g/mol. The highest BCUT2D eigenvalue weighted by Gasteiger charge is 2.48. The molecule has 1 aromatic rings. The molecule has 1 N–H and O–H groups in total. The summed E-state index contributed by atoms with van der Waals surface area (Å²) in [6, 6.07) is 3.89. The first-order valence-corrected chi connectivity index (χ1v) is 9.03. The molecule has 2 fully saturated rings. The Labute approximate surface area is 160 Å². The van der Waals surface area contributed by atoms with Crippen LogP contribution in [0.3, 0.4) is 0 Å². The standard InChI is InChI=1S/C17H17Cl2N3O4/c18-11-6-5-10(13(19)7-11)8-20-14(23)9-21-15(24)16(25)22(17(21)26)12-3-1-2-4-12/h5-7,12H,1-4,8-9H2,(H,20,23). The predicted molar refractivity (Wildman–Crippen MR) is 94.5 cm³/mol. The zero-order chi connectivity index (χ0) is 18.8. The van der Waals surface area contributed by atoms with Gasteiger partial charge in [-0.2, -0.15) is 0 Å². The van der Waals surface area contributed by atoms with Gasteiger partial charge in [0.25, 0.3) is 0 Å². The molecular formula is C17H17Cl2N3O4. The van der Waals surface area contributed by atoms with Crippen molar-refractivity contribution in [3.8, 4) is 0 Å². The molecular weight excluding hydrogens is 381 g/mol. The minimum Gasteiger partial charge on any atom is -0.350 e. The average Bonchev–Trinajstić information content (AvgIpc) is 3.18. The minimum absolute atomic E-state index is 0.116. The summed E-state index contributed by atoms with van der Waals surface area (Å²) in [6.45, 7) is -0.386. The summed E-state index contributed by atoms with van der Waals surface area (Å²) in [5, 5.41) is 3.46. The molecule has 7 nitrogen and oxygen atoms in total. The molecule has 5 amide bonds. The Bertz CT molecular complexity index is 777. The van der Waals surface area contributed by atoms with Gasteiger partial charge in [0.2, 0.25) is 5.91 Å². The molecule has 3 rings (SSSR count). The van der Waals surface area contributed by atoms with Gasteiger partial charge in [0.1, 0.15) is 6.54 Å². The molecule has 26 heavy (non-hydrogen) atoms. The highest BCUT2D eigenvalue weighted by Crippen LogP contribution is 2.27. The first-order valence-electron chi connectivity index (χ1n) is 8.28. The van der Waals surface area contributed by atoms with Gasteiger partial charge < -0.3 is 5.32 Å². The number of benzene rings is 1. The lowest BCUT2D eigenvalue weighted by Gasteiger charge is -2.20. The van der Waals surface area contributed by atoms with E-state index in [1.165, 1.54) is 0 Å². The number of carbonyl (C=O) groups excluding carboxylic acids is 4. The monoisotopic (exact) mass is 397 g/mol. The van der Waals surface area contributed by atoms with Crippen molar-refractivity contribution in [2.45, 2.75) is 38.3 Å². The van der Waals surface area contributed by atoms with Crippen molar-refractivity contribution >= 4 is 47.0 Å². The van der Waals surface area contributed by atoms with Crippen LogP contribution in [0, 0.1) is 0 Å². The molecule has 1 saturated carbocycles. The number of hydrogen-bond acceptors (Lipinski definition) is 4. The molecule has 0 atom stereocenters. The van der Waals surface area contributed by atoms with Crippen LogP contribution in [0.5, 0.6) is 0 Å². The molecule has 0 bridgehead atoms. The summed E-state index contributed by atoms with van der Waals surface area (Å²) in [7, 11) is 0. The van der Waals surface area contributed by atoms with Gasteiger partial charge in [-0.25, -0.2) is 9.69 Å². The molecule has 1 aliphatic heterocycles. The fourth-order valence-corrected chi connectivity index (χ4v) is 3.68. The largest absolute Gasteiger partial charge is 0.350 e. The van der Waals surface area contributed by atoms with E-state index >= 15 is 0 Å². The van der Waals surface area contributed by atoms with E-state index in [2.05, 4.69) is 5.32 Å². The lowest BCUT2D eigenvalue weighted by atomic mass is 10.2. The molecule has 1 aromatic carbocycles. The van der Waals surface area contributed by atoms with Crippen LogP contribution < -0.4 is 5.32 Å². The summed E-state index contributed by atoms with van der Waals surface area (Å²) >= 11 is 11.9. The van der Waals surface area contributed by atoms with Gasteiger partial charge in [-0.15, -0.1) is 0 Å². The zero-order valence-corrected chi connectivity index (χ0v) is 15.3. The van der Waals surface area contributed by atoms with Crippen molar-refractivity contribution in [2.24, 2.45) is 0 Å². The Kier molecular flexibility index (Phi) is 5.48. The van der Waals surface area contributed by atoms with E-state index in [0.717, 1.165) is 17.7 Å². The molecule has 0 aromatic heterocycles. The second kappa shape index (κ2) is 7.63. The quantitative estimate of drug-likeness (QED) is 0.610. The second-order valence-corrected chi connectivity index (χ2v) is 7.14. The molecule has 1 aliphatic carbocycles. The van der Waals surface area contributed by atoms with Gasteiger partial charge in [0.05, 0.1) is 0 Å². The lowest BCUT2D eigenvalue weighted by Crippen LogP contribution is -2.43. The zero-order valence-electron chi connectivity index (χ0n) is 13.8. The van der Waals surface area contributed by atoms with Crippen LogP contribution >= 0.6 is 23.2 Å². The minimum atomic E-state index is -0.957. The van der Waals surface area contributed by atoms with E-state index in [-0.39, 0.29) is 12.6 Å². The number of imide groups is 2. The maximum absolute atomic E-state index is 12.4. The van der Waals surface area contributed by atoms with Gasteiger partial charge >= 0.3 is 17.8 Å². The Hall–Kier alpha value is -2.12. The fourth-order valence-electron chi connectivity index (χ4n) is 3.20. The van der Waals surface area contributed by atoms with E-state index in [9.17, 15) is 19.2 Å². The van der Waals surface area contributed by atoms with Crippen LogP contribution in [0.15, 0.2) is 18.2 Å². The topological polar surface area (TPSA) is 86.8 Å². The van der Waals surface area contributed by atoms with E-state index in [4.69, 9.17) is 23.2 Å². The van der Waals surface area contributed by atoms with E-state index in [0.29, 0.717) is 33.4 Å². The molecule has 0 unspecified atom stereocenters. The first kappa shape index (κ1) is 18.7. The number of nitrogens with one attached hydrogen (secondary N) is 1. The Morgan fingerprint density at radius 1 is 1.12 bits per heavy atom. The Morgan fingerprint density at radius 3 is 2.46 bits per heavy atom. The third-order valence-corrected chi connectivity index (χ3v) is 5.15. The normalized spacial score (nSPS) is 18.2. The Balaban J connectivity index is 1.60. The van der Waals surface area contributed by atoms with Crippen LogP contribution in [0.2, 0.25) is 10.0 Å². The lowest BCUT2D eigenvalue weighted by molar-refractivity contribution is -0.144. The van der Waals surface area contributed by atoms with Crippen LogP contribution in [-0.2, 0) is 20.9 Å². The molecule has 2 aliphatic rings. The van der Waals surface area contributed by atoms with Crippen LogP contribution in [0.25, 0.3) is 0 Å². The number of amides is 5. The van der Waals surface area contributed by atoms with Crippen LogP contribution in [0.4, 0.5) is 4.79 Å². The summed E-state index contributed by atoms with van der Waals surface area (Å²) in [5.41, 5.74) is 0.646. The predicted octanol–water partition coefficient (Wildman–Crippen LogP) is 2.34. The number of nitrogens with zero attached hydrogens (tertiary/aromatic N) is 2. The van der Waals surface area contributed by atoms with Crippen molar-refractivity contribution in [1.82, 2.24) is 15.1 Å². The molecule has 1 saturated heterocycles. The van der Waals surface area contributed by atoms with Gasteiger partial charge in [-0.1, -0.05) is 42.1 Å². The summed E-state index contributed by atoms with van der Waals surface area (Å²) in [5.74, 6) is -2.36. The maximum Gasteiger partial charge on any atom is 0.334 e. The van der Waals surface area contributed by atoms with Gasteiger partial charge in [-0.3, -0.25) is 19.3 Å². The van der Waals surface area contributed by atoms with Crippen molar-refractivity contribution in [2.75, 3.05) is 6.54 Å². The molecule has 1 heterocycles. The number of hydrogen-bond donors (Lipinski definition) is 1. The van der Waals surface area contributed by atoms with Crippen LogP contribution in [0.1, 0.15) is 31.2 Å². The summed E-state index contributed by atoms with van der Waals surface area (Å²) in [6.07, 6.45) is 3.22. The van der Waals surface area contributed by atoms with Crippen molar-refractivity contribution < 1.29 is 19.2 Å². The highest BCUT2D eigenvalue weighted by molar-refractivity contribution is 6.45. The molecule has 9 heteroatoms. The van der Waals surface area contributed by atoms with E-state index in [1.54, 1.807) is 18.2 Å². The van der Waals surface area contributed by atoms with Crippen molar-refractivity contribution in [3.63, 3.8) is 0 Å². The SMILES string of the molecule is O=C(CN1C(=O)C(=O)N(C2CCCC2)C1=O)NCc1ccc(Cl)cc1Cl. The van der Waals surface area contributed by atoms with E-state index < -0.39 is 30.3 Å². The smallest absolute Gasteiger partial charge is 0.334 e. The third kappa shape index (κ3) is 3.68. The molecule has 0 radical (unpaired) electrons. The Morgan fingerprint density at radius 2 is 1.81 bits per heavy atom. The number of carbonyl (C=O) groups is 4. The number of rotatable bonds is 5. The third-order valence-electron chi connectivity index (χ3n) is 4.57. The molecule has 0 spiro atoms. The maximum atomic E-state index is 12.4. The molecule has 138 valence electrons.